The van der Waals surface area contributed by atoms with E-state index in [9.17, 15) is 4.79 Å². The summed E-state index contributed by atoms with van der Waals surface area (Å²) < 4.78 is 16.5. The van der Waals surface area contributed by atoms with Crippen molar-refractivity contribution in [3.63, 3.8) is 0 Å². The molecule has 0 unspecified atom stereocenters. The third kappa shape index (κ3) is 6.12. The normalized spacial score (nSPS) is 21.2. The molecular formula is C27H35NO4. The predicted octanol–water partition coefficient (Wildman–Crippen LogP) is 5.87. The number of carbonyl (C=O) groups excluding carboxylic acids is 1. The average Bonchev–Trinajstić information content (AvgIpc) is 2.80. The molecule has 0 radical (unpaired) electrons. The van der Waals surface area contributed by atoms with Crippen molar-refractivity contribution in [2.24, 2.45) is 22.7 Å². The Morgan fingerprint density at radius 3 is 1.94 bits per heavy atom. The molecule has 5 heteroatoms. The van der Waals surface area contributed by atoms with Gasteiger partial charge in [0.15, 0.2) is 0 Å². The molecule has 172 valence electrons. The van der Waals surface area contributed by atoms with Crippen molar-refractivity contribution in [2.75, 3.05) is 14.2 Å². The van der Waals surface area contributed by atoms with Gasteiger partial charge in [0.1, 0.15) is 29.9 Å². The lowest BCUT2D eigenvalue weighted by Crippen LogP contribution is -2.36. The van der Waals surface area contributed by atoms with Gasteiger partial charge in [-0.25, -0.2) is 4.79 Å². The molecule has 0 bridgehead atoms. The summed E-state index contributed by atoms with van der Waals surface area (Å²) in [6.07, 6.45) is 4.52. The molecule has 1 fully saturated rings. The molecule has 32 heavy (non-hydrogen) atoms. The van der Waals surface area contributed by atoms with Gasteiger partial charge in [-0.05, 0) is 66.0 Å². The van der Waals surface area contributed by atoms with Crippen molar-refractivity contribution in [1.29, 1.82) is 0 Å². The van der Waals surface area contributed by atoms with E-state index in [1.807, 2.05) is 48.5 Å². The molecule has 0 heterocycles. The van der Waals surface area contributed by atoms with Gasteiger partial charge in [-0.2, -0.15) is 0 Å². The van der Waals surface area contributed by atoms with Gasteiger partial charge in [-0.15, -0.1) is 0 Å². The van der Waals surface area contributed by atoms with E-state index in [-0.39, 0.29) is 18.1 Å². The Balaban J connectivity index is 1.80. The minimum atomic E-state index is -0.373. The quantitative estimate of drug-likeness (QED) is 0.383. The Morgan fingerprint density at radius 2 is 1.47 bits per heavy atom. The van der Waals surface area contributed by atoms with Crippen LogP contribution in [0.4, 0.5) is 0 Å². The zero-order chi connectivity index (χ0) is 23.1. The Morgan fingerprint density at radius 1 is 0.938 bits per heavy atom. The highest BCUT2D eigenvalue weighted by Gasteiger charge is 2.33. The summed E-state index contributed by atoms with van der Waals surface area (Å²) in [5.41, 5.74) is 1.93. The van der Waals surface area contributed by atoms with E-state index in [0.717, 1.165) is 35.5 Å². The molecule has 0 spiro atoms. The summed E-state index contributed by atoms with van der Waals surface area (Å²) in [5, 5.41) is 0. The minimum absolute atomic E-state index is 0.0434. The van der Waals surface area contributed by atoms with E-state index in [1.165, 1.54) is 12.6 Å². The van der Waals surface area contributed by atoms with Gasteiger partial charge in [-0.1, -0.05) is 51.5 Å². The molecule has 2 aromatic carbocycles. The van der Waals surface area contributed by atoms with Crippen LogP contribution in [0.25, 0.3) is 0 Å². The molecule has 0 aliphatic heterocycles. The van der Waals surface area contributed by atoms with E-state index in [1.54, 1.807) is 14.2 Å². The first-order valence-corrected chi connectivity index (χ1v) is 11.4. The number of hydrogen-bond donors (Lipinski definition) is 0. The lowest BCUT2D eigenvalue weighted by molar-refractivity contribution is -0.146. The average molecular weight is 438 g/mol. The van der Waals surface area contributed by atoms with Gasteiger partial charge in [0, 0.05) is 0 Å². The molecule has 1 saturated carbocycles. The van der Waals surface area contributed by atoms with Crippen molar-refractivity contribution in [1.82, 2.24) is 0 Å². The summed E-state index contributed by atoms with van der Waals surface area (Å²) in [7, 11) is 3.28. The number of ether oxygens (including phenoxy) is 3. The fraction of sp³-hybridized carbons (Fsp3) is 0.481. The Kier molecular flexibility index (Phi) is 8.32. The van der Waals surface area contributed by atoms with Gasteiger partial charge in [0.25, 0.3) is 0 Å². The van der Waals surface area contributed by atoms with Gasteiger partial charge >= 0.3 is 5.97 Å². The van der Waals surface area contributed by atoms with Crippen LogP contribution in [0, 0.1) is 17.8 Å². The largest absolute Gasteiger partial charge is 0.497 e. The second-order valence-corrected chi connectivity index (χ2v) is 9.03. The van der Waals surface area contributed by atoms with E-state index in [0.29, 0.717) is 17.8 Å². The van der Waals surface area contributed by atoms with Crippen LogP contribution in [0.1, 0.15) is 57.2 Å². The number of carbonyl (C=O) groups is 1. The summed E-state index contributed by atoms with van der Waals surface area (Å²) >= 11 is 0. The third-order valence-corrected chi connectivity index (χ3v) is 6.42. The van der Waals surface area contributed by atoms with Crippen LogP contribution in [0.5, 0.6) is 11.5 Å². The number of benzene rings is 2. The fourth-order valence-corrected chi connectivity index (χ4v) is 4.50. The first-order valence-electron chi connectivity index (χ1n) is 11.4. The van der Waals surface area contributed by atoms with Gasteiger partial charge in [0.2, 0.25) is 0 Å². The zero-order valence-electron chi connectivity index (χ0n) is 19.8. The summed E-state index contributed by atoms with van der Waals surface area (Å²) in [5.74, 6) is 2.65. The van der Waals surface area contributed by atoms with Crippen molar-refractivity contribution in [3.05, 3.63) is 59.7 Å². The molecule has 2 aromatic rings. The lowest BCUT2D eigenvalue weighted by atomic mass is 9.75. The maximum Gasteiger partial charge on any atom is 0.349 e. The van der Waals surface area contributed by atoms with Crippen LogP contribution in [-0.4, -0.2) is 32.5 Å². The number of rotatable bonds is 8. The van der Waals surface area contributed by atoms with Gasteiger partial charge in [0.05, 0.1) is 14.2 Å². The van der Waals surface area contributed by atoms with Crippen LogP contribution in [0.2, 0.25) is 0 Å². The molecule has 0 amide bonds. The number of nitrogens with zero attached hydrogens (tertiary/aromatic N) is 1. The van der Waals surface area contributed by atoms with Gasteiger partial charge < -0.3 is 14.2 Å². The highest BCUT2D eigenvalue weighted by atomic mass is 16.5. The standard InChI is InChI=1S/C27H35NO4/c1-18(2)24-15-6-19(3)16-25(24)32-26(29)17-28-27(20-7-11-22(30-4)12-8-20)21-9-13-23(31-5)14-10-21/h7-14,17-19,24-25,27H,6,15-16H2,1-5H3/t19-,24+,25-/m1/s1. The van der Waals surface area contributed by atoms with Crippen LogP contribution < -0.4 is 9.47 Å². The van der Waals surface area contributed by atoms with Crippen LogP contribution >= 0.6 is 0 Å². The first-order chi connectivity index (χ1) is 15.4. The van der Waals surface area contributed by atoms with Crippen molar-refractivity contribution in [2.45, 2.75) is 52.2 Å². The number of hydrogen-bond acceptors (Lipinski definition) is 5. The highest BCUT2D eigenvalue weighted by molar-refractivity contribution is 6.23. The molecular weight excluding hydrogens is 402 g/mol. The fourth-order valence-electron chi connectivity index (χ4n) is 4.50. The SMILES string of the molecule is COc1ccc(C(N=CC(=O)O[C@@H]2C[C@H](C)CC[C@H]2C(C)C)c2ccc(OC)cc2)cc1. The molecule has 5 nitrogen and oxygen atoms in total. The van der Waals surface area contributed by atoms with Crippen molar-refractivity contribution < 1.29 is 19.0 Å². The Bertz CT molecular complexity index is 841. The van der Waals surface area contributed by atoms with Crippen molar-refractivity contribution >= 4 is 12.2 Å². The smallest absolute Gasteiger partial charge is 0.349 e. The molecule has 1 aliphatic carbocycles. The first kappa shape index (κ1) is 23.8. The molecule has 0 aromatic heterocycles. The van der Waals surface area contributed by atoms with Gasteiger partial charge in [-0.3, -0.25) is 4.99 Å². The molecule has 1 aliphatic rings. The molecule has 0 saturated heterocycles. The maximum atomic E-state index is 12.7. The molecule has 3 rings (SSSR count). The zero-order valence-corrected chi connectivity index (χ0v) is 19.8. The topological polar surface area (TPSA) is 57.1 Å². The summed E-state index contributed by atoms with van der Waals surface area (Å²) in [4.78, 5) is 17.4. The number of methoxy groups -OCH3 is 2. The maximum absolute atomic E-state index is 12.7. The Hall–Kier alpha value is -2.82. The van der Waals surface area contributed by atoms with E-state index < -0.39 is 0 Å². The van der Waals surface area contributed by atoms with E-state index >= 15 is 0 Å². The second-order valence-electron chi connectivity index (χ2n) is 9.03. The van der Waals surface area contributed by atoms with Crippen LogP contribution in [0.3, 0.4) is 0 Å². The van der Waals surface area contributed by atoms with Crippen molar-refractivity contribution in [3.8, 4) is 11.5 Å². The monoisotopic (exact) mass is 437 g/mol. The number of aliphatic imine (C=N–C) groups is 1. The molecule has 0 N–H and O–H groups in total. The predicted molar refractivity (Wildman–Crippen MR) is 128 cm³/mol. The third-order valence-electron chi connectivity index (χ3n) is 6.42. The number of esters is 1. The summed E-state index contributed by atoms with van der Waals surface area (Å²) in [6.45, 7) is 6.65. The van der Waals surface area contributed by atoms with E-state index in [2.05, 4.69) is 25.8 Å². The van der Waals surface area contributed by atoms with Crippen LogP contribution in [0.15, 0.2) is 53.5 Å². The Labute approximate surface area is 191 Å². The molecule has 3 atom stereocenters. The summed E-state index contributed by atoms with van der Waals surface area (Å²) in [6, 6.07) is 15.1. The lowest BCUT2D eigenvalue weighted by Gasteiger charge is -2.36. The highest BCUT2D eigenvalue weighted by Crippen LogP contribution is 2.35. The van der Waals surface area contributed by atoms with Crippen LogP contribution in [-0.2, 0) is 9.53 Å². The second kappa shape index (κ2) is 11.2. The minimum Gasteiger partial charge on any atom is -0.497 e. The van der Waals surface area contributed by atoms with E-state index in [4.69, 9.17) is 14.2 Å².